The standard InChI is InChI=1S/C21H18N2O2S/c24-21(25)23-12-10-17(11-13-23)20-22-18(14-26-20)9-8-16-6-3-5-15-4-1-2-7-19(15)16/h1-7,14,17H,10-13H2,(H,24,25). The fraction of sp³-hybridized carbons (Fsp3) is 0.238. The van der Waals surface area contributed by atoms with E-state index in [0.29, 0.717) is 19.0 Å². The van der Waals surface area contributed by atoms with E-state index in [-0.39, 0.29) is 0 Å². The summed E-state index contributed by atoms with van der Waals surface area (Å²) in [5.41, 5.74) is 1.80. The molecule has 130 valence electrons. The second kappa shape index (κ2) is 7.19. The van der Waals surface area contributed by atoms with Crippen LogP contribution in [0.5, 0.6) is 0 Å². The maximum absolute atomic E-state index is 11.0. The molecule has 2 aromatic carbocycles. The van der Waals surface area contributed by atoms with Crippen molar-refractivity contribution in [1.29, 1.82) is 0 Å². The fourth-order valence-electron chi connectivity index (χ4n) is 3.32. The number of carbonyl (C=O) groups is 1. The van der Waals surface area contributed by atoms with Crippen molar-refractivity contribution in [2.45, 2.75) is 18.8 Å². The molecule has 0 spiro atoms. The van der Waals surface area contributed by atoms with Gasteiger partial charge in [-0.05, 0) is 35.6 Å². The number of nitrogens with zero attached hydrogens (tertiary/aromatic N) is 2. The average molecular weight is 362 g/mol. The second-order valence-corrected chi connectivity index (χ2v) is 7.28. The summed E-state index contributed by atoms with van der Waals surface area (Å²) in [5.74, 6) is 6.77. The number of thiazole rings is 1. The van der Waals surface area contributed by atoms with E-state index in [1.807, 2.05) is 29.6 Å². The highest BCUT2D eigenvalue weighted by molar-refractivity contribution is 7.09. The van der Waals surface area contributed by atoms with Crippen LogP contribution < -0.4 is 0 Å². The topological polar surface area (TPSA) is 53.4 Å². The van der Waals surface area contributed by atoms with Crippen LogP contribution in [0.25, 0.3) is 10.8 Å². The quantitative estimate of drug-likeness (QED) is 0.646. The first kappa shape index (κ1) is 16.6. The average Bonchev–Trinajstić information content (AvgIpc) is 3.15. The predicted octanol–water partition coefficient (Wildman–Crippen LogP) is 4.55. The van der Waals surface area contributed by atoms with Gasteiger partial charge in [0.15, 0.2) is 0 Å². The Balaban J connectivity index is 1.51. The predicted molar refractivity (Wildman–Crippen MR) is 104 cm³/mol. The lowest BCUT2D eigenvalue weighted by Crippen LogP contribution is -2.36. The number of rotatable bonds is 1. The van der Waals surface area contributed by atoms with Crippen molar-refractivity contribution in [3.8, 4) is 11.8 Å². The second-order valence-electron chi connectivity index (χ2n) is 6.39. The zero-order valence-electron chi connectivity index (χ0n) is 14.2. The van der Waals surface area contributed by atoms with E-state index in [9.17, 15) is 4.79 Å². The molecule has 0 aliphatic carbocycles. The van der Waals surface area contributed by atoms with Gasteiger partial charge < -0.3 is 10.0 Å². The number of fused-ring (bicyclic) bond motifs is 1. The van der Waals surface area contributed by atoms with Gasteiger partial charge in [0.2, 0.25) is 0 Å². The van der Waals surface area contributed by atoms with Crippen LogP contribution in [0.2, 0.25) is 0 Å². The van der Waals surface area contributed by atoms with Gasteiger partial charge in [-0.3, -0.25) is 0 Å². The molecule has 1 aliphatic heterocycles. The Kier molecular flexibility index (Phi) is 4.59. The first-order valence-electron chi connectivity index (χ1n) is 8.64. The Morgan fingerprint density at radius 1 is 1.12 bits per heavy atom. The van der Waals surface area contributed by atoms with E-state index >= 15 is 0 Å². The molecule has 1 aromatic heterocycles. The Morgan fingerprint density at radius 2 is 1.88 bits per heavy atom. The number of benzene rings is 2. The molecule has 0 unspecified atom stereocenters. The zero-order chi connectivity index (χ0) is 17.9. The molecule has 5 heteroatoms. The van der Waals surface area contributed by atoms with Gasteiger partial charge in [0.25, 0.3) is 0 Å². The van der Waals surface area contributed by atoms with Gasteiger partial charge in [-0.25, -0.2) is 9.78 Å². The summed E-state index contributed by atoms with van der Waals surface area (Å²) in [4.78, 5) is 17.2. The molecule has 1 saturated heterocycles. The van der Waals surface area contributed by atoms with Crippen LogP contribution in [0.4, 0.5) is 4.79 Å². The van der Waals surface area contributed by atoms with Crippen molar-refractivity contribution in [2.75, 3.05) is 13.1 Å². The molecule has 4 nitrogen and oxygen atoms in total. The molecule has 1 fully saturated rings. The number of hydrogen-bond acceptors (Lipinski definition) is 3. The molecular formula is C21H18N2O2S. The zero-order valence-corrected chi connectivity index (χ0v) is 15.0. The molecule has 3 aromatic rings. The highest BCUT2D eigenvalue weighted by Crippen LogP contribution is 2.30. The summed E-state index contributed by atoms with van der Waals surface area (Å²) in [6, 6.07) is 14.4. The lowest BCUT2D eigenvalue weighted by Gasteiger charge is -2.28. The third-order valence-corrected chi connectivity index (χ3v) is 5.76. The number of amides is 1. The maximum Gasteiger partial charge on any atom is 0.407 e. The molecule has 4 rings (SSSR count). The summed E-state index contributed by atoms with van der Waals surface area (Å²) < 4.78 is 0. The fourth-order valence-corrected chi connectivity index (χ4v) is 4.24. The van der Waals surface area contributed by atoms with E-state index < -0.39 is 6.09 Å². The van der Waals surface area contributed by atoms with Crippen molar-refractivity contribution in [3.05, 3.63) is 64.1 Å². The number of aromatic nitrogens is 1. The van der Waals surface area contributed by atoms with Crippen molar-refractivity contribution in [2.24, 2.45) is 0 Å². The lowest BCUT2D eigenvalue weighted by molar-refractivity contribution is 0.132. The molecular weight excluding hydrogens is 344 g/mol. The van der Waals surface area contributed by atoms with E-state index in [1.165, 1.54) is 10.3 Å². The summed E-state index contributed by atoms with van der Waals surface area (Å²) in [6.07, 6.45) is 0.829. The minimum atomic E-state index is -0.829. The molecule has 2 heterocycles. The number of carboxylic acid groups (broad SMARTS) is 1. The van der Waals surface area contributed by atoms with Gasteiger partial charge in [-0.2, -0.15) is 0 Å². The van der Waals surface area contributed by atoms with Crippen LogP contribution in [-0.2, 0) is 0 Å². The van der Waals surface area contributed by atoms with Crippen LogP contribution in [-0.4, -0.2) is 34.2 Å². The smallest absolute Gasteiger partial charge is 0.407 e. The van der Waals surface area contributed by atoms with Crippen LogP contribution in [0.15, 0.2) is 47.8 Å². The normalized spacial score (nSPS) is 14.8. The van der Waals surface area contributed by atoms with Crippen LogP contribution >= 0.6 is 11.3 Å². The van der Waals surface area contributed by atoms with Gasteiger partial charge in [0, 0.05) is 30.0 Å². The van der Waals surface area contributed by atoms with Crippen molar-refractivity contribution >= 4 is 28.2 Å². The van der Waals surface area contributed by atoms with E-state index in [4.69, 9.17) is 5.11 Å². The number of hydrogen-bond donors (Lipinski definition) is 1. The highest BCUT2D eigenvalue weighted by Gasteiger charge is 2.25. The van der Waals surface area contributed by atoms with Crippen LogP contribution in [0, 0.1) is 11.8 Å². The third kappa shape index (κ3) is 3.42. The van der Waals surface area contributed by atoms with E-state index in [1.54, 1.807) is 11.3 Å². The lowest BCUT2D eigenvalue weighted by atomic mass is 9.98. The molecule has 0 bridgehead atoms. The summed E-state index contributed by atoms with van der Waals surface area (Å²) >= 11 is 1.62. The van der Waals surface area contributed by atoms with Crippen molar-refractivity contribution in [1.82, 2.24) is 9.88 Å². The molecule has 1 N–H and O–H groups in total. The van der Waals surface area contributed by atoms with Gasteiger partial charge in [-0.15, -0.1) is 11.3 Å². The van der Waals surface area contributed by atoms with Crippen molar-refractivity contribution < 1.29 is 9.90 Å². The Morgan fingerprint density at radius 3 is 2.69 bits per heavy atom. The minimum Gasteiger partial charge on any atom is -0.465 e. The molecule has 1 aliphatic rings. The molecule has 0 saturated carbocycles. The summed E-state index contributed by atoms with van der Waals surface area (Å²) in [7, 11) is 0. The maximum atomic E-state index is 11.0. The van der Waals surface area contributed by atoms with Crippen LogP contribution in [0.1, 0.15) is 35.0 Å². The Hall–Kier alpha value is -2.84. The Bertz CT molecular complexity index is 1000. The largest absolute Gasteiger partial charge is 0.465 e. The SMILES string of the molecule is O=C(O)N1CCC(c2nc(C#Cc3cccc4ccccc34)cs2)CC1. The third-order valence-electron chi connectivity index (χ3n) is 4.75. The van der Waals surface area contributed by atoms with Crippen molar-refractivity contribution in [3.63, 3.8) is 0 Å². The summed E-state index contributed by atoms with van der Waals surface area (Å²) in [6.45, 7) is 1.16. The van der Waals surface area contributed by atoms with Gasteiger partial charge in [0.1, 0.15) is 5.69 Å². The molecule has 26 heavy (non-hydrogen) atoms. The van der Waals surface area contributed by atoms with Gasteiger partial charge >= 0.3 is 6.09 Å². The van der Waals surface area contributed by atoms with Gasteiger partial charge in [0.05, 0.1) is 5.01 Å². The monoisotopic (exact) mass is 362 g/mol. The highest BCUT2D eigenvalue weighted by atomic mass is 32.1. The van der Waals surface area contributed by atoms with E-state index in [0.717, 1.165) is 34.5 Å². The minimum absolute atomic E-state index is 0.337. The number of piperidine rings is 1. The molecule has 1 amide bonds. The Labute approximate surface area is 156 Å². The summed E-state index contributed by atoms with van der Waals surface area (Å²) in [5, 5.41) is 14.4. The molecule has 0 radical (unpaired) electrons. The first-order valence-corrected chi connectivity index (χ1v) is 9.52. The van der Waals surface area contributed by atoms with Crippen LogP contribution in [0.3, 0.4) is 0 Å². The molecule has 0 atom stereocenters. The first-order chi connectivity index (χ1) is 12.7. The number of likely N-dealkylation sites (tertiary alicyclic amines) is 1. The van der Waals surface area contributed by atoms with E-state index in [2.05, 4.69) is 35.0 Å². The van der Waals surface area contributed by atoms with Gasteiger partial charge in [-0.1, -0.05) is 42.3 Å².